The van der Waals surface area contributed by atoms with E-state index >= 15 is 0 Å². The molecule has 2 fully saturated rings. The summed E-state index contributed by atoms with van der Waals surface area (Å²) in [6, 6.07) is 0. The van der Waals surface area contributed by atoms with Crippen LogP contribution >= 0.6 is 0 Å². The van der Waals surface area contributed by atoms with Gasteiger partial charge in [-0.2, -0.15) is 0 Å². The summed E-state index contributed by atoms with van der Waals surface area (Å²) in [4.78, 5) is 35.6. The molecule has 0 radical (unpaired) electrons. The molecule has 2 N–H and O–H groups in total. The second kappa shape index (κ2) is 7.24. The fourth-order valence-corrected chi connectivity index (χ4v) is 3.13. The van der Waals surface area contributed by atoms with Gasteiger partial charge >= 0.3 is 11.9 Å². The SMILES string of the molecule is CNC(=O)C1C(C(=O)OCCOC)C2O[C@@H]1[C@@H](O)C2OC(C)=O. The van der Waals surface area contributed by atoms with Gasteiger partial charge in [-0.15, -0.1) is 0 Å². The predicted molar refractivity (Wildman–Crippen MR) is 74.1 cm³/mol. The summed E-state index contributed by atoms with van der Waals surface area (Å²) in [5.41, 5.74) is 0. The predicted octanol–water partition coefficient (Wildman–Crippen LogP) is -1.77. The van der Waals surface area contributed by atoms with Crippen LogP contribution in [0.4, 0.5) is 0 Å². The van der Waals surface area contributed by atoms with Gasteiger partial charge in [-0.25, -0.2) is 0 Å². The maximum Gasteiger partial charge on any atom is 0.312 e. The fraction of sp³-hybridized carbons (Fsp3) is 0.786. The molecule has 0 aromatic heterocycles. The van der Waals surface area contributed by atoms with Crippen LogP contribution in [0.5, 0.6) is 0 Å². The van der Waals surface area contributed by atoms with Crippen molar-refractivity contribution >= 4 is 17.8 Å². The molecule has 23 heavy (non-hydrogen) atoms. The van der Waals surface area contributed by atoms with E-state index in [4.69, 9.17) is 18.9 Å². The first-order chi connectivity index (χ1) is 10.9. The van der Waals surface area contributed by atoms with Gasteiger partial charge in [0.2, 0.25) is 5.91 Å². The highest BCUT2D eigenvalue weighted by Gasteiger charge is 2.65. The van der Waals surface area contributed by atoms with Crippen LogP contribution in [0.2, 0.25) is 0 Å². The fourth-order valence-electron chi connectivity index (χ4n) is 3.13. The first kappa shape index (κ1) is 17.6. The molecule has 9 nitrogen and oxygen atoms in total. The summed E-state index contributed by atoms with van der Waals surface area (Å²) in [6.45, 7) is 1.44. The van der Waals surface area contributed by atoms with Crippen molar-refractivity contribution in [2.24, 2.45) is 11.8 Å². The zero-order valence-electron chi connectivity index (χ0n) is 13.2. The summed E-state index contributed by atoms with van der Waals surface area (Å²) in [5.74, 6) is -3.54. The van der Waals surface area contributed by atoms with Crippen molar-refractivity contribution in [2.75, 3.05) is 27.4 Å². The third-order valence-electron chi connectivity index (χ3n) is 4.06. The van der Waals surface area contributed by atoms with Gasteiger partial charge in [0.05, 0.1) is 12.5 Å². The van der Waals surface area contributed by atoms with Crippen molar-refractivity contribution in [1.29, 1.82) is 0 Å². The van der Waals surface area contributed by atoms with Crippen molar-refractivity contribution in [3.8, 4) is 0 Å². The average molecular weight is 331 g/mol. The van der Waals surface area contributed by atoms with Crippen LogP contribution in [0.15, 0.2) is 0 Å². The van der Waals surface area contributed by atoms with Crippen molar-refractivity contribution in [3.63, 3.8) is 0 Å². The topological polar surface area (TPSA) is 120 Å². The molecule has 2 bridgehead atoms. The molecule has 0 saturated carbocycles. The highest BCUT2D eigenvalue weighted by atomic mass is 16.6. The lowest BCUT2D eigenvalue weighted by Gasteiger charge is -2.32. The second-order valence-corrected chi connectivity index (χ2v) is 5.46. The number of amides is 1. The highest BCUT2D eigenvalue weighted by molar-refractivity contribution is 5.87. The molecule has 9 heteroatoms. The Morgan fingerprint density at radius 2 is 1.87 bits per heavy atom. The molecule has 4 unspecified atom stereocenters. The number of rotatable bonds is 6. The minimum Gasteiger partial charge on any atom is -0.463 e. The van der Waals surface area contributed by atoms with E-state index in [2.05, 4.69) is 5.32 Å². The van der Waals surface area contributed by atoms with Gasteiger partial charge in [0, 0.05) is 21.1 Å². The molecular weight excluding hydrogens is 310 g/mol. The summed E-state index contributed by atoms with van der Waals surface area (Å²) >= 11 is 0. The largest absolute Gasteiger partial charge is 0.463 e. The standard InChI is InChI=1S/C14H21NO8/c1-6(16)22-12-9(17)10-7(13(18)15-2)8(11(12)23-10)14(19)21-5-4-20-3/h7-12,17H,4-5H2,1-3H3,(H,15,18)/t7?,8?,9-,10+,11?,12?/m1/s1. The van der Waals surface area contributed by atoms with Gasteiger partial charge in [0.1, 0.15) is 30.8 Å². The van der Waals surface area contributed by atoms with E-state index in [-0.39, 0.29) is 13.2 Å². The minimum absolute atomic E-state index is 0.0322. The van der Waals surface area contributed by atoms with Crippen LogP contribution in [-0.2, 0) is 33.3 Å². The number of hydrogen-bond acceptors (Lipinski definition) is 8. The Morgan fingerprint density at radius 1 is 1.17 bits per heavy atom. The first-order valence-corrected chi connectivity index (χ1v) is 7.30. The Kier molecular flexibility index (Phi) is 5.55. The lowest BCUT2D eigenvalue weighted by molar-refractivity contribution is -0.167. The summed E-state index contributed by atoms with van der Waals surface area (Å²) in [7, 11) is 2.90. The number of ether oxygens (including phenoxy) is 4. The molecule has 130 valence electrons. The third kappa shape index (κ3) is 3.31. The molecular formula is C14H21NO8. The van der Waals surface area contributed by atoms with E-state index in [1.807, 2.05) is 0 Å². The molecule has 0 aliphatic carbocycles. The van der Waals surface area contributed by atoms with Crippen LogP contribution < -0.4 is 5.32 Å². The Bertz CT molecular complexity index is 481. The molecule has 2 heterocycles. The van der Waals surface area contributed by atoms with Gasteiger partial charge in [-0.1, -0.05) is 0 Å². The normalized spacial score (nSPS) is 35.0. The molecule has 0 aromatic carbocycles. The number of nitrogens with one attached hydrogen (secondary N) is 1. The van der Waals surface area contributed by atoms with Crippen LogP contribution in [0.3, 0.4) is 0 Å². The number of carbonyl (C=O) groups is 3. The maximum atomic E-state index is 12.3. The Balaban J connectivity index is 2.19. The van der Waals surface area contributed by atoms with Gasteiger partial charge in [-0.3, -0.25) is 14.4 Å². The number of fused-ring (bicyclic) bond motifs is 2. The summed E-state index contributed by atoms with van der Waals surface area (Å²) in [6.07, 6.45) is -4.02. The van der Waals surface area contributed by atoms with Gasteiger partial charge < -0.3 is 29.4 Å². The van der Waals surface area contributed by atoms with Crippen LogP contribution in [-0.4, -0.2) is 74.7 Å². The number of carbonyl (C=O) groups excluding carboxylic acids is 3. The Hall–Kier alpha value is -1.71. The Morgan fingerprint density at radius 3 is 2.43 bits per heavy atom. The van der Waals surface area contributed by atoms with Gasteiger partial charge in [-0.05, 0) is 0 Å². The summed E-state index contributed by atoms with van der Waals surface area (Å²) in [5, 5.41) is 12.7. The second-order valence-electron chi connectivity index (χ2n) is 5.46. The van der Waals surface area contributed by atoms with E-state index in [1.165, 1.54) is 21.1 Å². The maximum absolute atomic E-state index is 12.3. The van der Waals surface area contributed by atoms with Crippen molar-refractivity contribution < 1.29 is 38.4 Å². The number of aliphatic hydroxyl groups excluding tert-OH is 1. The molecule has 2 aliphatic rings. The Labute approximate surface area is 133 Å². The molecule has 2 aliphatic heterocycles. The third-order valence-corrected chi connectivity index (χ3v) is 4.06. The van der Waals surface area contributed by atoms with Crippen LogP contribution in [0, 0.1) is 11.8 Å². The molecule has 6 atom stereocenters. The first-order valence-electron chi connectivity index (χ1n) is 7.30. The van der Waals surface area contributed by atoms with Crippen LogP contribution in [0.1, 0.15) is 6.92 Å². The number of hydrogen-bond donors (Lipinski definition) is 2. The van der Waals surface area contributed by atoms with E-state index < -0.39 is 54.1 Å². The van der Waals surface area contributed by atoms with Crippen molar-refractivity contribution in [1.82, 2.24) is 5.32 Å². The van der Waals surface area contributed by atoms with E-state index in [1.54, 1.807) is 0 Å². The van der Waals surface area contributed by atoms with Crippen molar-refractivity contribution in [3.05, 3.63) is 0 Å². The molecule has 1 amide bonds. The summed E-state index contributed by atoms with van der Waals surface area (Å²) < 4.78 is 20.5. The van der Waals surface area contributed by atoms with Gasteiger partial charge in [0.15, 0.2) is 6.10 Å². The number of methoxy groups -OCH3 is 1. The molecule has 2 saturated heterocycles. The highest BCUT2D eigenvalue weighted by Crippen LogP contribution is 2.45. The molecule has 0 spiro atoms. The van der Waals surface area contributed by atoms with E-state index in [0.29, 0.717) is 0 Å². The van der Waals surface area contributed by atoms with E-state index in [9.17, 15) is 19.5 Å². The number of aliphatic hydroxyl groups is 1. The van der Waals surface area contributed by atoms with Gasteiger partial charge in [0.25, 0.3) is 0 Å². The van der Waals surface area contributed by atoms with Crippen LogP contribution in [0.25, 0.3) is 0 Å². The smallest absolute Gasteiger partial charge is 0.312 e. The van der Waals surface area contributed by atoms with E-state index in [0.717, 1.165) is 0 Å². The zero-order valence-corrected chi connectivity index (χ0v) is 13.2. The minimum atomic E-state index is -1.17. The number of esters is 2. The molecule has 2 rings (SSSR count). The van der Waals surface area contributed by atoms with Crippen molar-refractivity contribution in [2.45, 2.75) is 31.3 Å². The lowest BCUT2D eigenvalue weighted by atomic mass is 9.75. The zero-order chi connectivity index (χ0) is 17.1. The monoisotopic (exact) mass is 331 g/mol. The quantitative estimate of drug-likeness (QED) is 0.433. The lowest BCUT2D eigenvalue weighted by Crippen LogP contribution is -2.55. The molecule has 0 aromatic rings. The average Bonchev–Trinajstić information content (AvgIpc) is 3.03.